The number of hydrogen-bond acceptors (Lipinski definition) is 6. The molecule has 1 aromatic carbocycles. The third-order valence-electron chi connectivity index (χ3n) is 5.03. The molecule has 7 heteroatoms. The smallest absolute Gasteiger partial charge is 0.165 e. The van der Waals surface area contributed by atoms with Crippen molar-refractivity contribution in [2.45, 2.75) is 6.10 Å². The molecule has 4 aromatic rings. The Balaban J connectivity index is 1.58. The zero-order valence-electron chi connectivity index (χ0n) is 15.6. The lowest BCUT2D eigenvalue weighted by Gasteiger charge is -2.34. The SMILES string of the molecule is Cn1ncc2c(N3CCOC(c4ccccc4)C3)nc(-c3cccnc3)nc21. The molecule has 5 rings (SSSR count). The van der Waals surface area contributed by atoms with Gasteiger partial charge in [0.05, 0.1) is 18.2 Å². The highest BCUT2D eigenvalue weighted by molar-refractivity contribution is 5.88. The van der Waals surface area contributed by atoms with E-state index in [2.05, 4.69) is 27.1 Å². The summed E-state index contributed by atoms with van der Waals surface area (Å²) < 4.78 is 7.82. The van der Waals surface area contributed by atoms with Gasteiger partial charge in [0.25, 0.3) is 0 Å². The molecule has 1 fully saturated rings. The van der Waals surface area contributed by atoms with Crippen LogP contribution in [0.1, 0.15) is 11.7 Å². The summed E-state index contributed by atoms with van der Waals surface area (Å²) in [7, 11) is 1.90. The molecule has 0 spiro atoms. The molecule has 0 bridgehead atoms. The fourth-order valence-electron chi connectivity index (χ4n) is 3.58. The molecule has 0 saturated carbocycles. The zero-order chi connectivity index (χ0) is 18.9. The van der Waals surface area contributed by atoms with Crippen LogP contribution in [0.4, 0.5) is 5.82 Å². The van der Waals surface area contributed by atoms with Crippen LogP contribution in [0.3, 0.4) is 0 Å². The molecule has 0 N–H and O–H groups in total. The van der Waals surface area contributed by atoms with Gasteiger partial charge < -0.3 is 9.64 Å². The van der Waals surface area contributed by atoms with Crippen LogP contribution in [0.5, 0.6) is 0 Å². The van der Waals surface area contributed by atoms with Crippen molar-refractivity contribution < 1.29 is 4.74 Å². The Morgan fingerprint density at radius 2 is 1.93 bits per heavy atom. The van der Waals surface area contributed by atoms with Crippen molar-refractivity contribution in [3.8, 4) is 11.4 Å². The third-order valence-corrected chi connectivity index (χ3v) is 5.03. The second kappa shape index (κ2) is 7.01. The molecule has 1 aliphatic heterocycles. The Labute approximate surface area is 162 Å². The van der Waals surface area contributed by atoms with Gasteiger partial charge in [-0.3, -0.25) is 9.67 Å². The lowest BCUT2D eigenvalue weighted by Crippen LogP contribution is -2.39. The molecule has 0 aliphatic carbocycles. The van der Waals surface area contributed by atoms with Crippen LogP contribution in [-0.4, -0.2) is 44.4 Å². The summed E-state index contributed by atoms with van der Waals surface area (Å²) in [6, 6.07) is 14.2. The molecule has 140 valence electrons. The number of hydrogen-bond donors (Lipinski definition) is 0. The van der Waals surface area contributed by atoms with Crippen LogP contribution >= 0.6 is 0 Å². The minimum absolute atomic E-state index is 0.0125. The fourth-order valence-corrected chi connectivity index (χ4v) is 3.58. The number of aryl methyl sites for hydroxylation is 1. The molecule has 3 aromatic heterocycles. The number of fused-ring (bicyclic) bond motifs is 1. The largest absolute Gasteiger partial charge is 0.370 e. The summed E-state index contributed by atoms with van der Waals surface area (Å²) in [6.07, 6.45) is 5.39. The summed E-state index contributed by atoms with van der Waals surface area (Å²) in [4.78, 5) is 16.1. The minimum Gasteiger partial charge on any atom is -0.370 e. The van der Waals surface area contributed by atoms with E-state index in [0.29, 0.717) is 12.4 Å². The number of rotatable bonds is 3. The molecule has 7 nitrogen and oxygen atoms in total. The van der Waals surface area contributed by atoms with Crippen molar-refractivity contribution in [3.63, 3.8) is 0 Å². The van der Waals surface area contributed by atoms with E-state index in [1.54, 1.807) is 17.1 Å². The summed E-state index contributed by atoms with van der Waals surface area (Å²) in [5.74, 6) is 1.54. The van der Waals surface area contributed by atoms with Crippen molar-refractivity contribution in [2.24, 2.45) is 7.05 Å². The summed E-state index contributed by atoms with van der Waals surface area (Å²) >= 11 is 0. The molecular weight excluding hydrogens is 352 g/mol. The van der Waals surface area contributed by atoms with E-state index in [1.165, 1.54) is 5.56 Å². The highest BCUT2D eigenvalue weighted by Gasteiger charge is 2.26. The number of ether oxygens (including phenoxy) is 1. The predicted molar refractivity (Wildman–Crippen MR) is 107 cm³/mol. The van der Waals surface area contributed by atoms with Crippen molar-refractivity contribution in [2.75, 3.05) is 24.6 Å². The molecule has 1 unspecified atom stereocenters. The lowest BCUT2D eigenvalue weighted by molar-refractivity contribution is 0.0396. The molecular formula is C21H20N6O. The van der Waals surface area contributed by atoms with E-state index in [-0.39, 0.29) is 6.10 Å². The molecule has 1 aliphatic rings. The van der Waals surface area contributed by atoms with E-state index in [4.69, 9.17) is 14.7 Å². The van der Waals surface area contributed by atoms with Crippen LogP contribution in [0, 0.1) is 0 Å². The predicted octanol–water partition coefficient (Wildman–Crippen LogP) is 3.00. The Bertz CT molecular complexity index is 1100. The standard InChI is InChI=1S/C21H20N6O/c1-26-20-17(13-23-26)21(25-19(24-20)16-8-5-9-22-12-16)27-10-11-28-18(14-27)15-6-3-2-4-7-15/h2-9,12-13,18H,10-11,14H2,1H3. The van der Waals surface area contributed by atoms with Gasteiger partial charge in [0.15, 0.2) is 11.5 Å². The van der Waals surface area contributed by atoms with Crippen molar-refractivity contribution in [3.05, 3.63) is 66.6 Å². The van der Waals surface area contributed by atoms with Crippen LogP contribution in [0.25, 0.3) is 22.4 Å². The van der Waals surface area contributed by atoms with E-state index < -0.39 is 0 Å². The fraction of sp³-hybridized carbons (Fsp3) is 0.238. The monoisotopic (exact) mass is 372 g/mol. The average Bonchev–Trinajstić information content (AvgIpc) is 3.15. The second-order valence-corrected chi connectivity index (χ2v) is 6.83. The maximum atomic E-state index is 6.03. The first-order valence-corrected chi connectivity index (χ1v) is 9.31. The molecule has 1 atom stereocenters. The van der Waals surface area contributed by atoms with Crippen LogP contribution in [0.15, 0.2) is 61.1 Å². The minimum atomic E-state index is 0.0125. The van der Waals surface area contributed by atoms with Crippen LogP contribution < -0.4 is 4.90 Å². The first-order chi connectivity index (χ1) is 13.8. The lowest BCUT2D eigenvalue weighted by atomic mass is 10.1. The van der Waals surface area contributed by atoms with Gasteiger partial charge in [-0.05, 0) is 17.7 Å². The Hall–Kier alpha value is -3.32. The normalized spacial score (nSPS) is 17.2. The Morgan fingerprint density at radius 1 is 1.04 bits per heavy atom. The Kier molecular flexibility index (Phi) is 4.21. The molecule has 4 heterocycles. The van der Waals surface area contributed by atoms with E-state index >= 15 is 0 Å². The third kappa shape index (κ3) is 2.99. The van der Waals surface area contributed by atoms with Crippen molar-refractivity contribution in [1.82, 2.24) is 24.7 Å². The number of morpholine rings is 1. The number of aromatic nitrogens is 5. The van der Waals surface area contributed by atoms with Gasteiger partial charge in [-0.2, -0.15) is 5.10 Å². The highest BCUT2D eigenvalue weighted by Crippen LogP contribution is 2.31. The topological polar surface area (TPSA) is 69.0 Å². The average molecular weight is 372 g/mol. The summed E-state index contributed by atoms with van der Waals surface area (Å²) in [5.41, 5.74) is 2.88. The summed E-state index contributed by atoms with van der Waals surface area (Å²) in [5, 5.41) is 5.35. The van der Waals surface area contributed by atoms with Gasteiger partial charge in [-0.25, -0.2) is 9.97 Å². The molecule has 1 saturated heterocycles. The number of anilines is 1. The Morgan fingerprint density at radius 3 is 2.75 bits per heavy atom. The van der Waals surface area contributed by atoms with Gasteiger partial charge in [0, 0.05) is 38.1 Å². The van der Waals surface area contributed by atoms with Crippen molar-refractivity contribution >= 4 is 16.9 Å². The van der Waals surface area contributed by atoms with E-state index in [1.807, 2.05) is 43.6 Å². The number of benzene rings is 1. The maximum absolute atomic E-state index is 6.03. The number of pyridine rings is 1. The van der Waals surface area contributed by atoms with Gasteiger partial charge in [-0.1, -0.05) is 30.3 Å². The molecule has 28 heavy (non-hydrogen) atoms. The summed E-state index contributed by atoms with van der Waals surface area (Å²) in [6.45, 7) is 2.15. The molecule has 0 amide bonds. The first kappa shape index (κ1) is 16.8. The highest BCUT2D eigenvalue weighted by atomic mass is 16.5. The molecule has 0 radical (unpaired) electrons. The van der Waals surface area contributed by atoms with Gasteiger partial charge >= 0.3 is 0 Å². The van der Waals surface area contributed by atoms with Gasteiger partial charge in [0.2, 0.25) is 0 Å². The quantitative estimate of drug-likeness (QED) is 0.551. The van der Waals surface area contributed by atoms with Gasteiger partial charge in [-0.15, -0.1) is 0 Å². The second-order valence-electron chi connectivity index (χ2n) is 6.83. The maximum Gasteiger partial charge on any atom is 0.165 e. The van der Waals surface area contributed by atoms with E-state index in [9.17, 15) is 0 Å². The van der Waals surface area contributed by atoms with Crippen molar-refractivity contribution in [1.29, 1.82) is 0 Å². The van der Waals surface area contributed by atoms with Crippen LogP contribution in [-0.2, 0) is 11.8 Å². The van der Waals surface area contributed by atoms with Crippen LogP contribution in [0.2, 0.25) is 0 Å². The zero-order valence-corrected chi connectivity index (χ0v) is 15.6. The van der Waals surface area contributed by atoms with Gasteiger partial charge in [0.1, 0.15) is 11.9 Å². The first-order valence-electron chi connectivity index (χ1n) is 9.31. The van der Waals surface area contributed by atoms with E-state index in [0.717, 1.165) is 35.5 Å². The number of nitrogens with zero attached hydrogens (tertiary/aromatic N) is 6.